The Hall–Kier alpha value is -1.39. The van der Waals surface area contributed by atoms with Crippen LogP contribution in [0.1, 0.15) is 103 Å². The Morgan fingerprint density at radius 2 is 1.19 bits per heavy atom. The first-order valence-corrected chi connectivity index (χ1v) is 12.1. The average molecular weight is 433 g/mol. The van der Waals surface area contributed by atoms with Crippen LogP contribution in [0.25, 0.3) is 0 Å². The smallest absolute Gasteiger partial charge is 0.251 e. The van der Waals surface area contributed by atoms with Gasteiger partial charge in [-0.15, -0.1) is 0 Å². The van der Waals surface area contributed by atoms with Gasteiger partial charge in [-0.25, -0.2) is 0 Å². The summed E-state index contributed by atoms with van der Waals surface area (Å²) in [5.41, 5.74) is 7.50. The monoisotopic (exact) mass is 432 g/mol. The van der Waals surface area contributed by atoms with Crippen molar-refractivity contribution in [1.29, 1.82) is 0 Å². The van der Waals surface area contributed by atoms with E-state index in [1.54, 1.807) is 0 Å². The fourth-order valence-electron chi connectivity index (χ4n) is 4.95. The van der Waals surface area contributed by atoms with Crippen LogP contribution in [0.4, 0.5) is 0 Å². The van der Waals surface area contributed by atoms with E-state index >= 15 is 0 Å². The van der Waals surface area contributed by atoms with Crippen molar-refractivity contribution in [2.75, 3.05) is 0 Å². The van der Waals surface area contributed by atoms with Gasteiger partial charge in [-0.05, 0) is 86.2 Å². The number of rotatable bonds is 2. The summed E-state index contributed by atoms with van der Waals surface area (Å²) < 4.78 is 0. The lowest BCUT2D eigenvalue weighted by molar-refractivity contribution is 0.0904. The summed E-state index contributed by atoms with van der Waals surface area (Å²) in [6, 6.07) is 10.3. The molecule has 2 aliphatic carbocycles. The summed E-state index contributed by atoms with van der Waals surface area (Å²) >= 11 is 0. The molecular weight excluding hydrogens is 384 g/mol. The minimum absolute atomic E-state index is 0. The van der Waals surface area contributed by atoms with Crippen LogP contribution >= 0.6 is 0 Å². The third-order valence-electron chi connectivity index (χ3n) is 7.32. The van der Waals surface area contributed by atoms with E-state index in [-0.39, 0.29) is 11.4 Å². The fraction of sp³-hybridized carbons (Fsp3) is 0.741. The third-order valence-corrected chi connectivity index (χ3v) is 7.32. The molecule has 0 atom stereocenters. The molecule has 0 bridgehead atoms. The standard InChI is InChI=1S/C17H25NO.C10H21N.H2O/c1-17(2,3)14-9-11-15(12-10-14)18-16(19)13-7-5-4-6-8-13;1-10(2,3)8-4-6-9(11)7-5-8;/h4-8,14-15H,9-12H2,1-3H3,(H,18,19);8-9H,4-7,11H2,1-3H3;1H2. The first-order chi connectivity index (χ1) is 14.0. The van der Waals surface area contributed by atoms with Crippen LogP contribution in [-0.2, 0) is 0 Å². The maximum Gasteiger partial charge on any atom is 0.251 e. The van der Waals surface area contributed by atoms with Crippen LogP contribution < -0.4 is 11.1 Å². The van der Waals surface area contributed by atoms with E-state index in [1.807, 2.05) is 30.3 Å². The van der Waals surface area contributed by atoms with Crippen molar-refractivity contribution >= 4 is 5.91 Å². The molecule has 0 spiro atoms. The van der Waals surface area contributed by atoms with Crippen LogP contribution in [0.5, 0.6) is 0 Å². The molecule has 1 aromatic carbocycles. The molecule has 4 nitrogen and oxygen atoms in total. The van der Waals surface area contributed by atoms with Gasteiger partial charge in [-0.2, -0.15) is 0 Å². The van der Waals surface area contributed by atoms with Crippen molar-refractivity contribution in [3.63, 3.8) is 0 Å². The second kappa shape index (κ2) is 12.0. The highest BCUT2D eigenvalue weighted by Gasteiger charge is 2.30. The van der Waals surface area contributed by atoms with E-state index in [2.05, 4.69) is 46.9 Å². The maximum absolute atomic E-state index is 12.1. The third kappa shape index (κ3) is 9.33. The molecule has 31 heavy (non-hydrogen) atoms. The van der Waals surface area contributed by atoms with Crippen molar-refractivity contribution in [2.24, 2.45) is 28.4 Å². The number of hydrogen-bond donors (Lipinski definition) is 2. The molecule has 1 aromatic rings. The second-order valence-electron chi connectivity index (χ2n) is 11.7. The lowest BCUT2D eigenvalue weighted by Crippen LogP contribution is -2.39. The number of carbonyl (C=O) groups is 1. The highest BCUT2D eigenvalue weighted by atomic mass is 16.1. The highest BCUT2D eigenvalue weighted by molar-refractivity contribution is 5.94. The molecular formula is C27H48N2O2. The van der Waals surface area contributed by atoms with E-state index in [0.717, 1.165) is 30.2 Å². The fourth-order valence-corrected chi connectivity index (χ4v) is 4.95. The van der Waals surface area contributed by atoms with Crippen LogP contribution in [0.15, 0.2) is 30.3 Å². The molecule has 4 heteroatoms. The van der Waals surface area contributed by atoms with Crippen LogP contribution in [0.3, 0.4) is 0 Å². The van der Waals surface area contributed by atoms with Crippen molar-refractivity contribution in [3.8, 4) is 0 Å². The topological polar surface area (TPSA) is 86.6 Å². The van der Waals surface area contributed by atoms with Crippen molar-refractivity contribution in [1.82, 2.24) is 5.32 Å². The van der Waals surface area contributed by atoms with Gasteiger partial charge in [0.25, 0.3) is 5.91 Å². The van der Waals surface area contributed by atoms with E-state index in [0.29, 0.717) is 22.9 Å². The van der Waals surface area contributed by atoms with Crippen molar-refractivity contribution < 1.29 is 10.3 Å². The Morgan fingerprint density at radius 1 is 0.774 bits per heavy atom. The molecule has 0 aromatic heterocycles. The van der Waals surface area contributed by atoms with Crippen LogP contribution in [0, 0.1) is 22.7 Å². The molecule has 0 saturated heterocycles. The Morgan fingerprint density at radius 3 is 1.61 bits per heavy atom. The summed E-state index contributed by atoms with van der Waals surface area (Å²) in [5.74, 6) is 1.76. The quantitative estimate of drug-likeness (QED) is 0.623. The average Bonchev–Trinajstić information content (AvgIpc) is 2.68. The van der Waals surface area contributed by atoms with Crippen molar-refractivity contribution in [3.05, 3.63) is 35.9 Å². The Labute approximate surface area is 191 Å². The molecule has 0 heterocycles. The summed E-state index contributed by atoms with van der Waals surface area (Å²) in [6.07, 6.45) is 9.83. The SMILES string of the molecule is CC(C)(C)C1CCC(N)CC1.CC(C)(C)C1CCC(NC(=O)c2ccccc2)CC1.O. The van der Waals surface area contributed by atoms with Crippen molar-refractivity contribution in [2.45, 2.75) is 105 Å². The lowest BCUT2D eigenvalue weighted by Gasteiger charge is -2.37. The van der Waals surface area contributed by atoms with Gasteiger partial charge in [0, 0.05) is 17.6 Å². The minimum Gasteiger partial charge on any atom is -0.412 e. The number of nitrogens with one attached hydrogen (secondary N) is 1. The molecule has 178 valence electrons. The predicted molar refractivity (Wildman–Crippen MR) is 132 cm³/mol. The van der Waals surface area contributed by atoms with Gasteiger partial charge < -0.3 is 16.5 Å². The number of benzene rings is 1. The van der Waals surface area contributed by atoms with Crippen LogP contribution in [-0.4, -0.2) is 23.5 Å². The van der Waals surface area contributed by atoms with Gasteiger partial charge in [-0.3, -0.25) is 4.79 Å². The molecule has 2 saturated carbocycles. The first kappa shape index (κ1) is 27.6. The predicted octanol–water partition coefficient (Wildman–Crippen LogP) is 5.75. The lowest BCUT2D eigenvalue weighted by atomic mass is 9.71. The largest absolute Gasteiger partial charge is 0.412 e. The number of amides is 1. The molecule has 2 fully saturated rings. The number of hydrogen-bond acceptors (Lipinski definition) is 2. The molecule has 0 aliphatic heterocycles. The second-order valence-corrected chi connectivity index (χ2v) is 11.7. The zero-order valence-electron chi connectivity index (χ0n) is 20.8. The van der Waals surface area contributed by atoms with Gasteiger partial charge in [0.1, 0.15) is 0 Å². The summed E-state index contributed by atoms with van der Waals surface area (Å²) in [7, 11) is 0. The minimum atomic E-state index is 0. The molecule has 0 radical (unpaired) electrons. The molecule has 2 aliphatic rings. The maximum atomic E-state index is 12.1. The van der Waals surface area contributed by atoms with E-state index in [1.165, 1.54) is 38.5 Å². The van der Waals surface area contributed by atoms with Gasteiger partial charge >= 0.3 is 0 Å². The van der Waals surface area contributed by atoms with Gasteiger partial charge in [0.05, 0.1) is 0 Å². The van der Waals surface area contributed by atoms with Gasteiger partial charge in [-0.1, -0.05) is 59.7 Å². The normalized spacial score (nSPS) is 26.7. The Kier molecular flexibility index (Phi) is 10.7. The summed E-state index contributed by atoms with van der Waals surface area (Å²) in [6.45, 7) is 14.0. The summed E-state index contributed by atoms with van der Waals surface area (Å²) in [4.78, 5) is 12.1. The summed E-state index contributed by atoms with van der Waals surface area (Å²) in [5, 5.41) is 3.17. The molecule has 1 amide bonds. The van der Waals surface area contributed by atoms with E-state index in [4.69, 9.17) is 5.73 Å². The highest BCUT2D eigenvalue weighted by Crippen LogP contribution is 2.38. The Balaban J connectivity index is 0.000000344. The first-order valence-electron chi connectivity index (χ1n) is 12.1. The zero-order chi connectivity index (χ0) is 22.4. The molecule has 5 N–H and O–H groups in total. The number of carbonyl (C=O) groups excluding carboxylic acids is 1. The molecule has 3 rings (SSSR count). The van der Waals surface area contributed by atoms with Gasteiger partial charge in [0.2, 0.25) is 0 Å². The Bertz CT molecular complexity index is 629. The van der Waals surface area contributed by atoms with Gasteiger partial charge in [0.15, 0.2) is 0 Å². The van der Waals surface area contributed by atoms with E-state index < -0.39 is 0 Å². The molecule has 0 unspecified atom stereocenters. The zero-order valence-corrected chi connectivity index (χ0v) is 20.8. The van der Waals surface area contributed by atoms with E-state index in [9.17, 15) is 4.79 Å². The number of nitrogens with two attached hydrogens (primary N) is 1. The van der Waals surface area contributed by atoms with Crippen LogP contribution in [0.2, 0.25) is 0 Å².